The maximum Gasteiger partial charge on any atom is 0.128 e. The lowest BCUT2D eigenvalue weighted by Crippen LogP contribution is -2.01. The van der Waals surface area contributed by atoms with Crippen LogP contribution in [0.2, 0.25) is 5.02 Å². The lowest BCUT2D eigenvalue weighted by Gasteiger charge is -2.05. The van der Waals surface area contributed by atoms with E-state index in [1.54, 1.807) is 16.4 Å². The zero-order chi connectivity index (χ0) is 13.1. The van der Waals surface area contributed by atoms with Gasteiger partial charge in [0.2, 0.25) is 0 Å². The molecule has 0 saturated heterocycles. The molecule has 0 aliphatic heterocycles. The molecular formula is C13H16ClN3S. The van der Waals surface area contributed by atoms with Gasteiger partial charge in [-0.25, -0.2) is 4.68 Å². The minimum absolute atomic E-state index is 0.633. The van der Waals surface area contributed by atoms with Crippen molar-refractivity contribution in [1.82, 2.24) is 9.78 Å². The third-order valence-corrected chi connectivity index (χ3v) is 4.08. The van der Waals surface area contributed by atoms with E-state index in [0.717, 1.165) is 33.5 Å². The highest BCUT2D eigenvalue weighted by Crippen LogP contribution is 2.25. The summed E-state index contributed by atoms with van der Waals surface area (Å²) in [6.07, 6.45) is 1.12. The van der Waals surface area contributed by atoms with Gasteiger partial charge in [0.1, 0.15) is 10.8 Å². The van der Waals surface area contributed by atoms with Gasteiger partial charge >= 0.3 is 0 Å². The van der Waals surface area contributed by atoms with Crippen molar-refractivity contribution in [2.45, 2.75) is 25.3 Å². The summed E-state index contributed by atoms with van der Waals surface area (Å²) < 4.78 is 1.73. The summed E-state index contributed by atoms with van der Waals surface area (Å²) in [5, 5.41) is 6.16. The Labute approximate surface area is 116 Å². The van der Waals surface area contributed by atoms with Gasteiger partial charge in [0, 0.05) is 11.1 Å². The predicted octanol–water partition coefficient (Wildman–Crippen LogP) is 3.92. The Morgan fingerprint density at radius 1 is 1.39 bits per heavy atom. The van der Waals surface area contributed by atoms with Gasteiger partial charge in [0.15, 0.2) is 0 Å². The molecule has 1 aromatic heterocycles. The molecule has 0 atom stereocenters. The number of nitrogens with zero attached hydrogens (tertiary/aromatic N) is 2. The van der Waals surface area contributed by atoms with Crippen molar-refractivity contribution >= 4 is 29.2 Å². The van der Waals surface area contributed by atoms with Gasteiger partial charge in [-0.3, -0.25) is 0 Å². The summed E-state index contributed by atoms with van der Waals surface area (Å²) in [5.74, 6) is 1.68. The molecular weight excluding hydrogens is 266 g/mol. The van der Waals surface area contributed by atoms with E-state index in [4.69, 9.17) is 17.3 Å². The fraction of sp³-hybridized carbons (Fsp3) is 0.308. The molecule has 0 aliphatic rings. The van der Waals surface area contributed by atoms with Crippen molar-refractivity contribution in [3.05, 3.63) is 34.9 Å². The van der Waals surface area contributed by atoms with Crippen LogP contribution in [0, 0.1) is 6.92 Å². The first-order chi connectivity index (χ1) is 8.61. The van der Waals surface area contributed by atoms with E-state index in [1.165, 1.54) is 0 Å². The second kappa shape index (κ2) is 5.67. The normalized spacial score (nSPS) is 10.8. The lowest BCUT2D eigenvalue weighted by molar-refractivity contribution is 0.844. The third kappa shape index (κ3) is 2.82. The lowest BCUT2D eigenvalue weighted by atomic mass is 10.2. The first-order valence-corrected chi connectivity index (χ1v) is 7.23. The monoisotopic (exact) mass is 281 g/mol. The van der Waals surface area contributed by atoms with E-state index < -0.39 is 0 Å². The van der Waals surface area contributed by atoms with Crippen LogP contribution in [-0.2, 0) is 0 Å². The SMILES string of the molecule is CCCSc1cc(N)n(-c2ccc(C)c(Cl)c2)n1. The molecule has 0 spiro atoms. The molecule has 0 radical (unpaired) electrons. The summed E-state index contributed by atoms with van der Waals surface area (Å²) >= 11 is 7.83. The minimum Gasteiger partial charge on any atom is -0.384 e. The summed E-state index contributed by atoms with van der Waals surface area (Å²) in [6.45, 7) is 4.12. The number of aryl methyl sites for hydroxylation is 1. The first-order valence-electron chi connectivity index (χ1n) is 5.86. The quantitative estimate of drug-likeness (QED) is 0.864. The van der Waals surface area contributed by atoms with Crippen molar-refractivity contribution in [1.29, 1.82) is 0 Å². The fourth-order valence-electron chi connectivity index (χ4n) is 1.57. The molecule has 96 valence electrons. The Bertz CT molecular complexity index is 551. The number of anilines is 1. The highest BCUT2D eigenvalue weighted by atomic mass is 35.5. The number of benzene rings is 1. The zero-order valence-electron chi connectivity index (χ0n) is 10.5. The number of hydrogen-bond donors (Lipinski definition) is 1. The smallest absolute Gasteiger partial charge is 0.128 e. The van der Waals surface area contributed by atoms with E-state index in [0.29, 0.717) is 5.82 Å². The molecule has 5 heteroatoms. The van der Waals surface area contributed by atoms with Crippen LogP contribution in [0.15, 0.2) is 29.3 Å². The van der Waals surface area contributed by atoms with Gasteiger partial charge in [-0.15, -0.1) is 11.8 Å². The topological polar surface area (TPSA) is 43.8 Å². The number of nitrogens with two attached hydrogens (primary N) is 1. The molecule has 18 heavy (non-hydrogen) atoms. The number of hydrogen-bond acceptors (Lipinski definition) is 3. The van der Waals surface area contributed by atoms with Crippen LogP contribution in [0.1, 0.15) is 18.9 Å². The van der Waals surface area contributed by atoms with E-state index in [-0.39, 0.29) is 0 Å². The highest BCUT2D eigenvalue weighted by molar-refractivity contribution is 7.99. The third-order valence-electron chi connectivity index (χ3n) is 2.57. The van der Waals surface area contributed by atoms with Crippen LogP contribution in [0.4, 0.5) is 5.82 Å². The van der Waals surface area contributed by atoms with Gasteiger partial charge < -0.3 is 5.73 Å². The van der Waals surface area contributed by atoms with Crippen LogP contribution in [-0.4, -0.2) is 15.5 Å². The molecule has 0 fully saturated rings. The Kier molecular flexibility index (Phi) is 4.19. The van der Waals surface area contributed by atoms with E-state index in [1.807, 2.05) is 31.2 Å². The average molecular weight is 282 g/mol. The van der Waals surface area contributed by atoms with Crippen LogP contribution in [0.3, 0.4) is 0 Å². The maximum absolute atomic E-state index is 6.12. The van der Waals surface area contributed by atoms with Gasteiger partial charge in [0.25, 0.3) is 0 Å². The summed E-state index contributed by atoms with van der Waals surface area (Å²) in [6, 6.07) is 7.72. The largest absolute Gasteiger partial charge is 0.384 e. The summed E-state index contributed by atoms with van der Waals surface area (Å²) in [7, 11) is 0. The Balaban J connectivity index is 2.32. The van der Waals surface area contributed by atoms with Crippen LogP contribution < -0.4 is 5.73 Å². The molecule has 0 aliphatic carbocycles. The van der Waals surface area contributed by atoms with Crippen LogP contribution in [0.25, 0.3) is 5.69 Å². The van der Waals surface area contributed by atoms with Crippen molar-refractivity contribution in [3.63, 3.8) is 0 Å². The number of aromatic nitrogens is 2. The Morgan fingerprint density at radius 2 is 2.17 bits per heavy atom. The second-order valence-electron chi connectivity index (χ2n) is 4.10. The molecule has 0 amide bonds. The molecule has 1 heterocycles. The Morgan fingerprint density at radius 3 is 2.83 bits per heavy atom. The Hall–Kier alpha value is -1.13. The number of rotatable bonds is 4. The summed E-state index contributed by atoms with van der Waals surface area (Å²) in [4.78, 5) is 0. The molecule has 3 nitrogen and oxygen atoms in total. The number of halogens is 1. The molecule has 1 aromatic carbocycles. The molecule has 0 unspecified atom stereocenters. The van der Waals surface area contributed by atoms with Crippen molar-refractivity contribution in [2.75, 3.05) is 11.5 Å². The van der Waals surface area contributed by atoms with E-state index in [2.05, 4.69) is 12.0 Å². The van der Waals surface area contributed by atoms with Crippen molar-refractivity contribution < 1.29 is 0 Å². The summed E-state index contributed by atoms with van der Waals surface area (Å²) in [5.41, 5.74) is 7.92. The molecule has 2 aromatic rings. The molecule has 2 N–H and O–H groups in total. The van der Waals surface area contributed by atoms with Crippen LogP contribution in [0.5, 0.6) is 0 Å². The van der Waals surface area contributed by atoms with Gasteiger partial charge in [0.05, 0.1) is 5.69 Å². The highest BCUT2D eigenvalue weighted by Gasteiger charge is 2.08. The predicted molar refractivity (Wildman–Crippen MR) is 78.7 cm³/mol. The minimum atomic E-state index is 0.633. The maximum atomic E-state index is 6.12. The first kappa shape index (κ1) is 13.3. The van der Waals surface area contributed by atoms with E-state index in [9.17, 15) is 0 Å². The van der Waals surface area contributed by atoms with Crippen molar-refractivity contribution in [3.8, 4) is 5.69 Å². The fourth-order valence-corrected chi connectivity index (χ4v) is 2.50. The molecule has 0 bridgehead atoms. The zero-order valence-corrected chi connectivity index (χ0v) is 12.1. The molecule has 0 saturated carbocycles. The molecule has 2 rings (SSSR count). The van der Waals surface area contributed by atoms with Gasteiger partial charge in [-0.2, -0.15) is 5.10 Å². The van der Waals surface area contributed by atoms with Crippen molar-refractivity contribution in [2.24, 2.45) is 0 Å². The number of nitrogen functional groups attached to an aromatic ring is 1. The number of thioether (sulfide) groups is 1. The van der Waals surface area contributed by atoms with Gasteiger partial charge in [-0.05, 0) is 36.8 Å². The second-order valence-corrected chi connectivity index (χ2v) is 5.62. The standard InChI is InChI=1S/C13H16ClN3S/c1-3-6-18-13-8-12(15)17(16-13)10-5-4-9(2)11(14)7-10/h4-5,7-8H,3,6,15H2,1-2H3. The van der Waals surface area contributed by atoms with Gasteiger partial charge in [-0.1, -0.05) is 24.6 Å². The van der Waals surface area contributed by atoms with Crippen LogP contribution >= 0.6 is 23.4 Å². The average Bonchev–Trinajstić information content (AvgIpc) is 2.71. The van der Waals surface area contributed by atoms with E-state index >= 15 is 0 Å².